The molecular formula is C21H24N2O3S. The molecule has 1 heterocycles. The van der Waals surface area contributed by atoms with Crippen molar-refractivity contribution in [2.45, 2.75) is 32.1 Å². The third kappa shape index (κ3) is 3.42. The molecule has 0 aliphatic heterocycles. The Labute approximate surface area is 160 Å². The normalized spacial score (nSPS) is 12.0. The Morgan fingerprint density at radius 3 is 2.22 bits per heavy atom. The van der Waals surface area contributed by atoms with Crippen LogP contribution in [0.15, 0.2) is 47.4 Å². The van der Waals surface area contributed by atoms with Crippen LogP contribution in [0.2, 0.25) is 0 Å². The Bertz CT molecular complexity index is 1060. The van der Waals surface area contributed by atoms with Crippen LogP contribution in [0.5, 0.6) is 0 Å². The van der Waals surface area contributed by atoms with E-state index in [1.807, 2.05) is 38.1 Å². The smallest absolute Gasteiger partial charge is 0.243 e. The summed E-state index contributed by atoms with van der Waals surface area (Å²) in [6.07, 6.45) is 1.73. The van der Waals surface area contributed by atoms with E-state index in [1.54, 1.807) is 18.2 Å². The zero-order valence-electron chi connectivity index (χ0n) is 15.8. The third-order valence-corrected chi connectivity index (χ3v) is 6.97. The number of rotatable bonds is 7. The maximum Gasteiger partial charge on any atom is 0.243 e. The van der Waals surface area contributed by atoms with Gasteiger partial charge in [-0.15, -0.1) is 0 Å². The number of nitrogens with zero attached hydrogens (tertiary/aromatic N) is 1. The van der Waals surface area contributed by atoms with Crippen LogP contribution in [-0.2, 0) is 16.4 Å². The lowest BCUT2D eigenvalue weighted by molar-refractivity contribution is 0.112. The molecule has 5 nitrogen and oxygen atoms in total. The van der Waals surface area contributed by atoms with Crippen LogP contribution < -0.4 is 0 Å². The molecule has 3 aromatic rings. The van der Waals surface area contributed by atoms with Crippen LogP contribution >= 0.6 is 0 Å². The van der Waals surface area contributed by atoms with Gasteiger partial charge in [0.2, 0.25) is 10.0 Å². The summed E-state index contributed by atoms with van der Waals surface area (Å²) in [4.78, 5) is 15.3. The number of carbonyl (C=O) groups excluding carboxylic acids is 1. The van der Waals surface area contributed by atoms with Gasteiger partial charge in [0.1, 0.15) is 0 Å². The molecule has 0 saturated carbocycles. The molecule has 142 valence electrons. The Kier molecular flexibility index (Phi) is 5.48. The van der Waals surface area contributed by atoms with Crippen molar-refractivity contribution < 1.29 is 13.2 Å². The zero-order chi connectivity index (χ0) is 19.6. The number of carbonyl (C=O) groups is 1. The van der Waals surface area contributed by atoms with E-state index in [9.17, 15) is 13.2 Å². The molecule has 0 fully saturated rings. The highest BCUT2D eigenvalue weighted by Gasteiger charge is 2.23. The highest BCUT2D eigenvalue weighted by molar-refractivity contribution is 7.89. The van der Waals surface area contributed by atoms with Gasteiger partial charge in [-0.05, 0) is 35.7 Å². The quantitative estimate of drug-likeness (QED) is 0.620. The minimum Gasteiger partial charge on any atom is -0.354 e. The molecule has 0 amide bonds. The van der Waals surface area contributed by atoms with Gasteiger partial charge in [-0.25, -0.2) is 8.42 Å². The summed E-state index contributed by atoms with van der Waals surface area (Å²) in [6.45, 7) is 6.52. The maximum absolute atomic E-state index is 12.8. The van der Waals surface area contributed by atoms with Crippen LogP contribution in [-0.4, -0.2) is 37.1 Å². The van der Waals surface area contributed by atoms with E-state index in [0.717, 1.165) is 23.8 Å². The number of benzene rings is 2. The minimum atomic E-state index is -3.58. The highest BCUT2D eigenvalue weighted by Crippen LogP contribution is 2.31. The van der Waals surface area contributed by atoms with Gasteiger partial charge in [0.15, 0.2) is 6.29 Å². The predicted octanol–water partition coefficient (Wildman–Crippen LogP) is 4.24. The van der Waals surface area contributed by atoms with Gasteiger partial charge in [-0.2, -0.15) is 4.31 Å². The van der Waals surface area contributed by atoms with Crippen LogP contribution in [0.1, 0.15) is 36.7 Å². The molecule has 3 rings (SSSR count). The fourth-order valence-electron chi connectivity index (χ4n) is 3.32. The van der Waals surface area contributed by atoms with Gasteiger partial charge >= 0.3 is 0 Å². The van der Waals surface area contributed by atoms with Gasteiger partial charge in [0.05, 0.1) is 10.6 Å². The molecular weight excluding hydrogens is 360 g/mol. The van der Waals surface area contributed by atoms with Crippen LogP contribution in [0.4, 0.5) is 0 Å². The summed E-state index contributed by atoms with van der Waals surface area (Å²) in [6, 6.07) is 12.9. The lowest BCUT2D eigenvalue weighted by atomic mass is 10.0. The lowest BCUT2D eigenvalue weighted by Crippen LogP contribution is -2.30. The Balaban J connectivity index is 2.16. The Morgan fingerprint density at radius 1 is 1.00 bits per heavy atom. The fourth-order valence-corrected chi connectivity index (χ4v) is 4.81. The van der Waals surface area contributed by atoms with Crippen molar-refractivity contribution in [2.24, 2.45) is 0 Å². The van der Waals surface area contributed by atoms with Gasteiger partial charge in [-0.3, -0.25) is 4.79 Å². The highest BCUT2D eigenvalue weighted by atomic mass is 32.2. The topological polar surface area (TPSA) is 70.2 Å². The maximum atomic E-state index is 12.8. The average molecular weight is 385 g/mol. The second kappa shape index (κ2) is 7.66. The molecule has 0 unspecified atom stereocenters. The number of H-pyrrole nitrogens is 1. The minimum absolute atomic E-state index is 0.202. The zero-order valence-corrected chi connectivity index (χ0v) is 16.6. The molecule has 27 heavy (non-hydrogen) atoms. The van der Waals surface area contributed by atoms with Gasteiger partial charge in [-0.1, -0.05) is 45.0 Å². The predicted molar refractivity (Wildman–Crippen MR) is 109 cm³/mol. The number of hydrogen-bond donors (Lipinski definition) is 1. The molecule has 0 bridgehead atoms. The molecule has 0 radical (unpaired) electrons. The molecule has 0 saturated heterocycles. The van der Waals surface area contributed by atoms with E-state index in [0.29, 0.717) is 29.7 Å². The van der Waals surface area contributed by atoms with E-state index in [4.69, 9.17) is 0 Å². The van der Waals surface area contributed by atoms with E-state index >= 15 is 0 Å². The summed E-state index contributed by atoms with van der Waals surface area (Å²) >= 11 is 0. The number of sulfonamides is 1. The molecule has 0 aliphatic carbocycles. The van der Waals surface area contributed by atoms with Crippen molar-refractivity contribution in [1.29, 1.82) is 0 Å². The first-order valence-electron chi connectivity index (χ1n) is 9.16. The summed E-state index contributed by atoms with van der Waals surface area (Å²) < 4.78 is 27.0. The summed E-state index contributed by atoms with van der Waals surface area (Å²) in [7, 11) is -3.58. The molecule has 0 spiro atoms. The number of aldehydes is 1. The SMILES string of the molecule is CCc1ccc(-c2[nH]c3ccc(S(=O)(=O)N(CC)CC)cc3c2C=O)cc1. The summed E-state index contributed by atoms with van der Waals surface area (Å²) in [5.41, 5.74) is 4.05. The van der Waals surface area contributed by atoms with E-state index in [-0.39, 0.29) is 4.90 Å². The molecule has 0 aliphatic rings. The van der Waals surface area contributed by atoms with Crippen LogP contribution in [0.25, 0.3) is 22.2 Å². The molecule has 1 aromatic heterocycles. The number of aromatic amines is 1. The van der Waals surface area contributed by atoms with Crippen LogP contribution in [0, 0.1) is 0 Å². The van der Waals surface area contributed by atoms with Crippen molar-refractivity contribution in [2.75, 3.05) is 13.1 Å². The average Bonchev–Trinajstić information content (AvgIpc) is 3.06. The fraction of sp³-hybridized carbons (Fsp3) is 0.286. The number of nitrogens with one attached hydrogen (secondary N) is 1. The first kappa shape index (κ1) is 19.3. The number of aryl methyl sites for hydroxylation is 1. The van der Waals surface area contributed by atoms with Crippen molar-refractivity contribution in [1.82, 2.24) is 9.29 Å². The van der Waals surface area contributed by atoms with Gasteiger partial charge < -0.3 is 4.98 Å². The number of hydrogen-bond acceptors (Lipinski definition) is 3. The Hall–Kier alpha value is -2.44. The Morgan fingerprint density at radius 2 is 1.67 bits per heavy atom. The van der Waals surface area contributed by atoms with E-state index < -0.39 is 10.0 Å². The van der Waals surface area contributed by atoms with Gasteiger partial charge in [0.25, 0.3) is 0 Å². The summed E-state index contributed by atoms with van der Waals surface area (Å²) in [5, 5.41) is 0.618. The van der Waals surface area contributed by atoms with Crippen molar-refractivity contribution in [3.8, 4) is 11.3 Å². The molecule has 6 heteroatoms. The second-order valence-corrected chi connectivity index (χ2v) is 8.32. The van der Waals surface area contributed by atoms with Crippen molar-refractivity contribution >= 4 is 27.2 Å². The molecule has 2 aromatic carbocycles. The number of fused-ring (bicyclic) bond motifs is 1. The van der Waals surface area contributed by atoms with E-state index in [2.05, 4.69) is 11.9 Å². The van der Waals surface area contributed by atoms with E-state index in [1.165, 1.54) is 9.87 Å². The molecule has 1 N–H and O–H groups in total. The first-order valence-corrected chi connectivity index (χ1v) is 10.6. The largest absolute Gasteiger partial charge is 0.354 e. The summed E-state index contributed by atoms with van der Waals surface area (Å²) in [5.74, 6) is 0. The first-order chi connectivity index (χ1) is 13.0. The van der Waals surface area contributed by atoms with Crippen molar-refractivity contribution in [3.05, 3.63) is 53.6 Å². The molecule has 0 atom stereocenters. The lowest BCUT2D eigenvalue weighted by Gasteiger charge is -2.18. The van der Waals surface area contributed by atoms with Crippen molar-refractivity contribution in [3.63, 3.8) is 0 Å². The van der Waals surface area contributed by atoms with Crippen LogP contribution in [0.3, 0.4) is 0 Å². The number of aromatic nitrogens is 1. The van der Waals surface area contributed by atoms with Gasteiger partial charge in [0, 0.05) is 29.6 Å². The second-order valence-electron chi connectivity index (χ2n) is 6.38. The standard InChI is InChI=1S/C21H24N2O3S/c1-4-15-7-9-16(10-8-15)21-19(14-24)18-13-17(11-12-20(18)22-21)27(25,26)23(5-2)6-3/h7-14,22H,4-6H2,1-3H3. The monoisotopic (exact) mass is 384 g/mol. The third-order valence-electron chi connectivity index (χ3n) is 4.92.